The number of ether oxygens (including phenoxy) is 3. The molecule has 0 aromatic heterocycles. The molecule has 0 radical (unpaired) electrons. The number of hydrogen-bond acceptors (Lipinski definition) is 16. The molecule has 26 heteroatoms. The summed E-state index contributed by atoms with van der Waals surface area (Å²) < 4.78 is 14.9. The fraction of sp³-hybridized carbons (Fsp3) is 0.211. The van der Waals surface area contributed by atoms with Crippen LogP contribution in [0.3, 0.4) is 0 Å². The molecule has 16 N–H and O–H groups in total. The van der Waals surface area contributed by atoms with E-state index in [4.69, 9.17) is 19.7 Å². The second-order valence-electron chi connectivity index (χ2n) is 17.1. The molecule has 0 aliphatic heterocycles. The number of carboxylic acids is 2. The van der Waals surface area contributed by atoms with E-state index in [1.807, 2.05) is 0 Å². The Labute approximate surface area is 474 Å². The van der Waals surface area contributed by atoms with Crippen LogP contribution >= 0.6 is 0 Å². The number of carbonyl (C=O) groups is 9. The molecular weight excluding hydrogens is 1090 g/mol. The summed E-state index contributed by atoms with van der Waals surface area (Å²) >= 11 is 0. The van der Waals surface area contributed by atoms with Gasteiger partial charge in [0.2, 0.25) is 17.7 Å². The molecular formula is C57H64N6O20. The van der Waals surface area contributed by atoms with Crippen LogP contribution in [0.5, 0.6) is 34.5 Å². The summed E-state index contributed by atoms with van der Waals surface area (Å²) in [4.78, 5) is 105. The van der Waals surface area contributed by atoms with Gasteiger partial charge >= 0.3 is 17.9 Å². The van der Waals surface area contributed by atoms with Crippen LogP contribution in [-0.2, 0) is 19.1 Å². The number of rotatable bonds is 23. The number of esters is 1. The molecule has 6 aromatic rings. The molecule has 0 aliphatic carbocycles. The maximum Gasteiger partial charge on any atom is 0.337 e. The first kappa shape index (κ1) is 68.4. The lowest BCUT2D eigenvalue weighted by Gasteiger charge is -2.09. The number of phenolic OH excluding ortho intramolecular Hbond substituents is 4. The van der Waals surface area contributed by atoms with Crippen LogP contribution in [0.4, 0.5) is 17.1 Å². The van der Waals surface area contributed by atoms with Gasteiger partial charge in [0.1, 0.15) is 34.5 Å². The molecule has 6 rings (SSSR count). The SMILES string of the molecule is COC(=O)c1cccc(NC(=O)CCCNC(=O)c2cc(O)cc(O)c2)c1.COc1cc(OC)cc(C(=O)NCCCC(=O)Nc2cccc(C(=O)O)c2)c1.O.O.O=C(CCCNC(=O)c1cc(O)cc(O)c1)Nc1cccc(C(=O)O)c1. The zero-order valence-corrected chi connectivity index (χ0v) is 45.1. The van der Waals surface area contributed by atoms with Gasteiger partial charge in [0, 0.05) is 90.8 Å². The van der Waals surface area contributed by atoms with Gasteiger partial charge in [0.15, 0.2) is 0 Å². The van der Waals surface area contributed by atoms with Crippen LogP contribution in [0, 0.1) is 0 Å². The van der Waals surface area contributed by atoms with Crippen molar-refractivity contribution in [2.24, 2.45) is 0 Å². The van der Waals surface area contributed by atoms with Crippen LogP contribution < -0.4 is 41.4 Å². The number of nitrogens with one attached hydrogen (secondary N) is 6. The summed E-state index contributed by atoms with van der Waals surface area (Å²) in [6, 6.07) is 30.3. The van der Waals surface area contributed by atoms with E-state index in [0.717, 1.165) is 12.1 Å². The first-order valence-corrected chi connectivity index (χ1v) is 24.5. The van der Waals surface area contributed by atoms with Crippen molar-refractivity contribution in [3.05, 3.63) is 161 Å². The summed E-state index contributed by atoms with van der Waals surface area (Å²) in [5, 5.41) is 71.1. The highest BCUT2D eigenvalue weighted by atomic mass is 16.5. The van der Waals surface area contributed by atoms with Crippen molar-refractivity contribution in [3.8, 4) is 34.5 Å². The monoisotopic (exact) mass is 1150 g/mol. The number of aromatic hydroxyl groups is 4. The molecule has 0 spiro atoms. The van der Waals surface area contributed by atoms with E-state index in [1.165, 1.54) is 82.0 Å². The smallest absolute Gasteiger partial charge is 0.337 e. The molecule has 6 amide bonds. The van der Waals surface area contributed by atoms with Crippen LogP contribution in [0.15, 0.2) is 127 Å². The third-order valence-corrected chi connectivity index (χ3v) is 10.9. The van der Waals surface area contributed by atoms with Crippen molar-refractivity contribution in [1.82, 2.24) is 16.0 Å². The molecule has 83 heavy (non-hydrogen) atoms. The highest BCUT2D eigenvalue weighted by Crippen LogP contribution is 2.24. The van der Waals surface area contributed by atoms with Gasteiger partial charge in [-0.15, -0.1) is 0 Å². The normalized spacial score (nSPS) is 9.87. The molecule has 0 unspecified atom stereocenters. The lowest BCUT2D eigenvalue weighted by molar-refractivity contribution is -0.117. The standard InChI is InChI=1S/C20H22N2O6.C19H20N2O6.C18H18N2O6.2H2O/c1-27-16-10-14(11-17(12-16)28-2)19(24)21-8-4-7-18(23)22-15-6-3-5-13(9-15)20(25)26;1-27-19(26)12-4-2-5-14(8-12)21-17(24)6-3-7-20-18(25)13-9-15(22)11-16(23)10-13;21-14-8-12(9-15(22)10-14)17(24)19-6-2-5-16(23)20-13-4-1-3-11(7-13)18(25)26;;/h3,5-6,9-12H,4,7-8H2,1-2H3,(H,21,24)(H,22,23)(H,25,26);2,4-5,8-11,22-23H,3,6-7H2,1H3,(H,20,25)(H,21,24);1,3-4,7-10,21-22H,2,5-6H2,(H,19,24)(H,20,23)(H,25,26);2*1H2. The number of methoxy groups -OCH3 is 3. The van der Waals surface area contributed by atoms with E-state index in [9.17, 15) is 63.6 Å². The summed E-state index contributed by atoms with van der Waals surface area (Å²) in [7, 11) is 4.28. The van der Waals surface area contributed by atoms with E-state index < -0.39 is 29.7 Å². The summed E-state index contributed by atoms with van der Waals surface area (Å²) in [5.41, 5.74) is 2.40. The minimum Gasteiger partial charge on any atom is -0.508 e. The number of phenols is 4. The van der Waals surface area contributed by atoms with Crippen molar-refractivity contribution in [3.63, 3.8) is 0 Å². The third-order valence-electron chi connectivity index (χ3n) is 10.9. The highest BCUT2D eigenvalue weighted by Gasteiger charge is 2.14. The Hall–Kier alpha value is -10.7. The molecule has 0 aliphatic rings. The molecule has 0 saturated carbocycles. The van der Waals surface area contributed by atoms with Crippen LogP contribution in [0.25, 0.3) is 0 Å². The Balaban J connectivity index is 0.000000420. The molecule has 0 saturated heterocycles. The van der Waals surface area contributed by atoms with Crippen molar-refractivity contribution in [2.75, 3.05) is 56.9 Å². The van der Waals surface area contributed by atoms with Crippen LogP contribution in [-0.4, -0.2) is 136 Å². The maximum absolute atomic E-state index is 12.2. The van der Waals surface area contributed by atoms with Gasteiger partial charge in [0.05, 0.1) is 38.0 Å². The van der Waals surface area contributed by atoms with E-state index in [1.54, 1.807) is 54.6 Å². The third kappa shape index (κ3) is 24.4. The number of benzene rings is 6. The van der Waals surface area contributed by atoms with Gasteiger partial charge in [-0.1, -0.05) is 18.2 Å². The molecule has 26 nitrogen and oxygen atoms in total. The molecule has 0 fully saturated rings. The minimum absolute atomic E-state index is 0. The number of carboxylic acid groups (broad SMARTS) is 2. The van der Waals surface area contributed by atoms with E-state index >= 15 is 0 Å². The van der Waals surface area contributed by atoms with Crippen LogP contribution in [0.1, 0.15) is 101 Å². The van der Waals surface area contributed by atoms with E-state index in [2.05, 4.69) is 36.6 Å². The van der Waals surface area contributed by atoms with Gasteiger partial charge in [-0.05, 0) is 110 Å². The Bertz CT molecular complexity index is 3160. The molecule has 442 valence electrons. The number of amides is 6. The largest absolute Gasteiger partial charge is 0.508 e. The van der Waals surface area contributed by atoms with Gasteiger partial charge in [-0.3, -0.25) is 28.8 Å². The van der Waals surface area contributed by atoms with Gasteiger partial charge < -0.3 is 87.7 Å². The number of hydrogen-bond donors (Lipinski definition) is 12. The second kappa shape index (κ2) is 35.0. The Morgan fingerprint density at radius 2 is 0.687 bits per heavy atom. The number of carbonyl (C=O) groups excluding carboxylic acids is 7. The zero-order chi connectivity index (χ0) is 59.4. The Morgan fingerprint density at radius 1 is 0.386 bits per heavy atom. The average molecular weight is 1150 g/mol. The van der Waals surface area contributed by atoms with E-state index in [-0.39, 0.29) is 112 Å². The van der Waals surface area contributed by atoms with Gasteiger partial charge in [-0.2, -0.15) is 0 Å². The lowest BCUT2D eigenvalue weighted by Crippen LogP contribution is -2.25. The lowest BCUT2D eigenvalue weighted by atomic mass is 10.1. The predicted octanol–water partition coefficient (Wildman–Crippen LogP) is 4.88. The molecule has 0 bridgehead atoms. The van der Waals surface area contributed by atoms with Crippen molar-refractivity contribution >= 4 is 70.4 Å². The Kier molecular flexibility index (Phi) is 28.8. The summed E-state index contributed by atoms with van der Waals surface area (Å²) in [6.45, 7) is 0.768. The van der Waals surface area contributed by atoms with Crippen molar-refractivity contribution < 1.29 is 99.0 Å². The zero-order valence-electron chi connectivity index (χ0n) is 45.1. The first-order valence-electron chi connectivity index (χ1n) is 24.5. The number of anilines is 3. The molecule has 6 aromatic carbocycles. The van der Waals surface area contributed by atoms with Gasteiger partial charge in [-0.25, -0.2) is 14.4 Å². The Morgan fingerprint density at radius 3 is 0.988 bits per heavy atom. The number of aromatic carboxylic acids is 2. The topological polar surface area (TPSA) is 438 Å². The quantitative estimate of drug-likeness (QED) is 0.0300. The minimum atomic E-state index is -1.08. The molecule has 0 atom stereocenters. The van der Waals surface area contributed by atoms with E-state index in [0.29, 0.717) is 65.5 Å². The van der Waals surface area contributed by atoms with Crippen LogP contribution in [0.2, 0.25) is 0 Å². The first-order chi connectivity index (χ1) is 38.7. The maximum atomic E-state index is 12.2. The summed E-state index contributed by atoms with van der Waals surface area (Å²) in [5.74, 6) is -4.58. The second-order valence-corrected chi connectivity index (χ2v) is 17.1. The van der Waals surface area contributed by atoms with Crippen molar-refractivity contribution in [1.29, 1.82) is 0 Å². The highest BCUT2D eigenvalue weighted by molar-refractivity contribution is 5.98. The summed E-state index contributed by atoms with van der Waals surface area (Å²) in [6.07, 6.45) is 1.65. The fourth-order valence-corrected chi connectivity index (χ4v) is 7.02. The predicted molar refractivity (Wildman–Crippen MR) is 301 cm³/mol. The average Bonchev–Trinajstić information content (AvgIpc) is 3.48. The van der Waals surface area contributed by atoms with Gasteiger partial charge in [0.25, 0.3) is 17.7 Å². The van der Waals surface area contributed by atoms with Crippen molar-refractivity contribution in [2.45, 2.75) is 38.5 Å². The molecule has 0 heterocycles. The fourth-order valence-electron chi connectivity index (χ4n) is 7.02.